The predicted molar refractivity (Wildman–Crippen MR) is 84.3 cm³/mol. The van der Waals surface area contributed by atoms with Gasteiger partial charge in [-0.3, -0.25) is 4.79 Å². The van der Waals surface area contributed by atoms with E-state index < -0.39 is 17.6 Å². The number of hydrogen-bond donors (Lipinski definition) is 1. The fourth-order valence-corrected chi connectivity index (χ4v) is 2.62. The van der Waals surface area contributed by atoms with Gasteiger partial charge in [0.25, 0.3) is 0 Å². The van der Waals surface area contributed by atoms with Crippen LogP contribution in [0.15, 0.2) is 22.7 Å². The Hall–Kier alpha value is -1.40. The molecule has 2 N–H and O–H groups in total. The number of anilines is 1. The lowest BCUT2D eigenvalue weighted by Crippen LogP contribution is -2.34. The van der Waals surface area contributed by atoms with Crippen molar-refractivity contribution in [3.05, 3.63) is 28.2 Å². The van der Waals surface area contributed by atoms with Crippen LogP contribution in [0.5, 0.6) is 0 Å². The summed E-state index contributed by atoms with van der Waals surface area (Å²) in [6.07, 6.45) is 0.618. The van der Waals surface area contributed by atoms with E-state index in [-0.39, 0.29) is 5.91 Å². The molecular formula is C15H19BrN2O3. The third-order valence-electron chi connectivity index (χ3n) is 3.08. The molecule has 5 nitrogen and oxygen atoms in total. The number of carbonyl (C=O) groups is 2. The highest BCUT2D eigenvalue weighted by atomic mass is 79.9. The minimum Gasteiger partial charge on any atom is -0.456 e. The molecule has 0 aromatic heterocycles. The molecule has 1 atom stereocenters. The minimum atomic E-state index is -0.564. The van der Waals surface area contributed by atoms with Gasteiger partial charge < -0.3 is 15.4 Å². The summed E-state index contributed by atoms with van der Waals surface area (Å²) in [7, 11) is 0. The molecule has 1 aliphatic rings. The third kappa shape index (κ3) is 3.83. The normalized spacial score (nSPS) is 19.0. The van der Waals surface area contributed by atoms with Gasteiger partial charge in [-0.1, -0.05) is 15.9 Å². The molecule has 1 saturated heterocycles. The highest BCUT2D eigenvalue weighted by molar-refractivity contribution is 9.10. The van der Waals surface area contributed by atoms with Crippen LogP contribution in [-0.4, -0.2) is 30.1 Å². The maximum absolute atomic E-state index is 12.2. The molecule has 2 rings (SSSR count). The average molecular weight is 355 g/mol. The highest BCUT2D eigenvalue weighted by Crippen LogP contribution is 2.27. The van der Waals surface area contributed by atoms with E-state index in [0.29, 0.717) is 28.7 Å². The van der Waals surface area contributed by atoms with Crippen LogP contribution in [0.1, 0.15) is 37.6 Å². The van der Waals surface area contributed by atoms with Crippen molar-refractivity contribution in [2.75, 3.05) is 11.4 Å². The van der Waals surface area contributed by atoms with Crippen LogP contribution in [0.4, 0.5) is 5.69 Å². The molecule has 0 spiro atoms. The Morgan fingerprint density at radius 1 is 1.38 bits per heavy atom. The number of benzene rings is 1. The van der Waals surface area contributed by atoms with E-state index in [4.69, 9.17) is 10.5 Å². The van der Waals surface area contributed by atoms with Crippen LogP contribution in [0.25, 0.3) is 0 Å². The molecule has 21 heavy (non-hydrogen) atoms. The lowest BCUT2D eigenvalue weighted by Gasteiger charge is -2.21. The quantitative estimate of drug-likeness (QED) is 0.828. The minimum absolute atomic E-state index is 0.122. The molecule has 0 radical (unpaired) electrons. The number of halogens is 1. The second kappa shape index (κ2) is 5.77. The summed E-state index contributed by atoms with van der Waals surface area (Å²) in [5.41, 5.74) is 6.23. The molecule has 1 heterocycles. The lowest BCUT2D eigenvalue weighted by molar-refractivity contribution is -0.118. The van der Waals surface area contributed by atoms with E-state index in [1.54, 1.807) is 23.1 Å². The molecule has 1 amide bonds. The first kappa shape index (κ1) is 16.0. The molecule has 1 aromatic rings. The monoisotopic (exact) mass is 354 g/mol. The molecule has 1 aliphatic heterocycles. The molecule has 0 bridgehead atoms. The van der Waals surface area contributed by atoms with Gasteiger partial charge in [-0.2, -0.15) is 0 Å². The molecule has 1 aromatic carbocycles. The van der Waals surface area contributed by atoms with Crippen molar-refractivity contribution in [3.8, 4) is 0 Å². The van der Waals surface area contributed by atoms with E-state index >= 15 is 0 Å². The molecule has 1 unspecified atom stereocenters. The SMILES string of the molecule is CC(C)(C)OC(=O)c1cc(Br)cc(N2CCC(N)C2=O)c1. The Kier molecular flexibility index (Phi) is 4.39. The van der Waals surface area contributed by atoms with Crippen LogP contribution < -0.4 is 10.6 Å². The fraction of sp³-hybridized carbons (Fsp3) is 0.467. The number of ether oxygens (including phenoxy) is 1. The zero-order valence-electron chi connectivity index (χ0n) is 12.4. The van der Waals surface area contributed by atoms with Gasteiger partial charge in [0.2, 0.25) is 5.91 Å². The number of amides is 1. The highest BCUT2D eigenvalue weighted by Gasteiger charge is 2.30. The fourth-order valence-electron chi connectivity index (χ4n) is 2.14. The van der Waals surface area contributed by atoms with Crippen molar-refractivity contribution in [2.45, 2.75) is 38.8 Å². The van der Waals surface area contributed by atoms with Crippen molar-refractivity contribution in [1.29, 1.82) is 0 Å². The van der Waals surface area contributed by atoms with Crippen molar-refractivity contribution in [2.24, 2.45) is 5.73 Å². The summed E-state index contributed by atoms with van der Waals surface area (Å²) < 4.78 is 6.07. The van der Waals surface area contributed by atoms with E-state index in [1.165, 1.54) is 0 Å². The van der Waals surface area contributed by atoms with Gasteiger partial charge in [0.15, 0.2) is 0 Å². The van der Waals surface area contributed by atoms with Crippen molar-refractivity contribution < 1.29 is 14.3 Å². The van der Waals surface area contributed by atoms with Crippen LogP contribution in [0.2, 0.25) is 0 Å². The van der Waals surface area contributed by atoms with Gasteiger partial charge in [0.1, 0.15) is 5.60 Å². The zero-order valence-corrected chi connectivity index (χ0v) is 13.9. The lowest BCUT2D eigenvalue weighted by atomic mass is 10.1. The molecule has 0 aliphatic carbocycles. The van der Waals surface area contributed by atoms with Gasteiger partial charge in [0, 0.05) is 16.7 Å². The second-order valence-electron chi connectivity index (χ2n) is 6.09. The first-order chi connectivity index (χ1) is 9.67. The van der Waals surface area contributed by atoms with Gasteiger partial charge in [-0.05, 0) is 45.4 Å². The zero-order chi connectivity index (χ0) is 15.8. The summed E-state index contributed by atoms with van der Waals surface area (Å²) in [6, 6.07) is 4.67. The van der Waals surface area contributed by atoms with Crippen molar-refractivity contribution in [3.63, 3.8) is 0 Å². The number of carbonyl (C=O) groups excluding carboxylic acids is 2. The number of nitrogens with two attached hydrogens (primary N) is 1. The maximum Gasteiger partial charge on any atom is 0.338 e. The standard InChI is InChI=1S/C15H19BrN2O3/c1-15(2,3)21-14(20)9-6-10(16)8-11(7-9)18-5-4-12(17)13(18)19/h6-8,12H,4-5,17H2,1-3H3. The molecule has 6 heteroatoms. The molecule has 114 valence electrons. The second-order valence-corrected chi connectivity index (χ2v) is 7.00. The van der Waals surface area contributed by atoms with E-state index in [0.717, 1.165) is 0 Å². The predicted octanol–water partition coefficient (Wildman–Crippen LogP) is 2.47. The van der Waals surface area contributed by atoms with E-state index in [2.05, 4.69) is 15.9 Å². The maximum atomic E-state index is 12.2. The Morgan fingerprint density at radius 2 is 2.05 bits per heavy atom. The largest absolute Gasteiger partial charge is 0.456 e. The summed E-state index contributed by atoms with van der Waals surface area (Å²) in [4.78, 5) is 25.8. The molecule has 0 saturated carbocycles. The number of esters is 1. The number of rotatable bonds is 2. The summed E-state index contributed by atoms with van der Waals surface area (Å²) >= 11 is 3.37. The van der Waals surface area contributed by atoms with Crippen molar-refractivity contribution in [1.82, 2.24) is 0 Å². The topological polar surface area (TPSA) is 72.6 Å². The van der Waals surface area contributed by atoms with Gasteiger partial charge in [-0.25, -0.2) is 4.79 Å². The van der Waals surface area contributed by atoms with Crippen LogP contribution in [0, 0.1) is 0 Å². The third-order valence-corrected chi connectivity index (χ3v) is 3.53. The smallest absolute Gasteiger partial charge is 0.338 e. The molecular weight excluding hydrogens is 336 g/mol. The summed E-state index contributed by atoms with van der Waals surface area (Å²) in [5, 5.41) is 0. The van der Waals surface area contributed by atoms with Crippen LogP contribution >= 0.6 is 15.9 Å². The van der Waals surface area contributed by atoms with Gasteiger partial charge >= 0.3 is 5.97 Å². The number of hydrogen-bond acceptors (Lipinski definition) is 4. The van der Waals surface area contributed by atoms with Crippen LogP contribution in [0.3, 0.4) is 0 Å². The average Bonchev–Trinajstić information content (AvgIpc) is 2.67. The first-order valence-corrected chi connectivity index (χ1v) is 7.57. The number of nitrogens with zero attached hydrogens (tertiary/aromatic N) is 1. The van der Waals surface area contributed by atoms with Gasteiger partial charge in [-0.15, -0.1) is 0 Å². The Balaban J connectivity index is 2.30. The van der Waals surface area contributed by atoms with Crippen molar-refractivity contribution >= 4 is 33.5 Å². The van der Waals surface area contributed by atoms with Gasteiger partial charge in [0.05, 0.1) is 11.6 Å². The summed E-state index contributed by atoms with van der Waals surface area (Å²) in [6.45, 7) is 6.00. The Bertz CT molecular complexity index is 581. The summed E-state index contributed by atoms with van der Waals surface area (Å²) in [5.74, 6) is -0.538. The first-order valence-electron chi connectivity index (χ1n) is 6.78. The molecule has 1 fully saturated rings. The van der Waals surface area contributed by atoms with E-state index in [1.807, 2.05) is 20.8 Å². The Labute approximate surface area is 132 Å². The van der Waals surface area contributed by atoms with Crippen LogP contribution in [-0.2, 0) is 9.53 Å². The van der Waals surface area contributed by atoms with E-state index in [9.17, 15) is 9.59 Å². The Morgan fingerprint density at radius 3 is 2.57 bits per heavy atom.